The van der Waals surface area contributed by atoms with Gasteiger partial charge in [0.1, 0.15) is 4.53 Å². The van der Waals surface area contributed by atoms with Crippen LogP contribution in [0.4, 0.5) is 5.69 Å². The van der Waals surface area contributed by atoms with E-state index in [1.54, 1.807) is 38.2 Å². The van der Waals surface area contributed by atoms with Crippen molar-refractivity contribution < 1.29 is 28.6 Å². The molecule has 1 amide bonds. The first-order chi connectivity index (χ1) is 19.5. The zero-order valence-corrected chi connectivity index (χ0v) is 24.3. The fraction of sp³-hybridized carbons (Fsp3) is 0.300. The Morgan fingerprint density at radius 1 is 1.10 bits per heavy atom. The number of anilines is 1. The average Bonchev–Trinajstić information content (AvgIpc) is 3.38. The van der Waals surface area contributed by atoms with Crippen LogP contribution in [0.2, 0.25) is 0 Å². The SMILES string of the molecule is COc1cc([C@@H]2C(C(=O)OCC(C)C)=C(C)N=c3s/c(=C4\C(=O)N(C)c5ccccc54)c(=O)n32)ccc1OC(C)=O. The Labute approximate surface area is 239 Å². The van der Waals surface area contributed by atoms with Gasteiger partial charge < -0.3 is 19.1 Å². The maximum absolute atomic E-state index is 14.2. The molecule has 1 aromatic heterocycles. The molecule has 0 aliphatic carbocycles. The van der Waals surface area contributed by atoms with Crippen LogP contribution in [0.25, 0.3) is 5.57 Å². The minimum atomic E-state index is -0.940. The van der Waals surface area contributed by atoms with E-state index in [2.05, 4.69) is 4.99 Å². The number of benzene rings is 2. The standard InChI is InChI=1S/C30H29N3O7S/c1-15(2)14-39-29(37)23-16(3)31-30-33(25(23)18-11-12-21(40-17(4)34)22(13-18)38-6)28(36)26(41-30)24-19-9-7-8-10-20(19)32(5)27(24)35/h7-13,15,25H,14H2,1-6H3/b26-24-/t25-/m1/s1. The summed E-state index contributed by atoms with van der Waals surface area (Å²) >= 11 is 1.10. The molecule has 0 saturated carbocycles. The summed E-state index contributed by atoms with van der Waals surface area (Å²) in [5.74, 6) is -0.894. The van der Waals surface area contributed by atoms with Crippen molar-refractivity contribution in [2.24, 2.45) is 10.9 Å². The second kappa shape index (κ2) is 10.8. The fourth-order valence-electron chi connectivity index (χ4n) is 4.95. The monoisotopic (exact) mass is 575 g/mol. The lowest BCUT2D eigenvalue weighted by atomic mass is 9.95. The molecule has 0 fully saturated rings. The van der Waals surface area contributed by atoms with Crippen LogP contribution in [0, 0.1) is 5.92 Å². The minimum absolute atomic E-state index is 0.0924. The highest BCUT2D eigenvalue weighted by atomic mass is 32.1. The van der Waals surface area contributed by atoms with Crippen LogP contribution in [0.5, 0.6) is 11.5 Å². The third kappa shape index (κ3) is 4.86. The summed E-state index contributed by atoms with van der Waals surface area (Å²) in [5.41, 5.74) is 2.27. The summed E-state index contributed by atoms with van der Waals surface area (Å²) in [7, 11) is 3.09. The summed E-state index contributed by atoms with van der Waals surface area (Å²) in [5, 5.41) is 0. The zero-order valence-electron chi connectivity index (χ0n) is 23.5. The molecule has 3 aromatic rings. The number of hydrogen-bond acceptors (Lipinski definition) is 9. The Morgan fingerprint density at radius 2 is 1.83 bits per heavy atom. The number of thiazole rings is 1. The molecule has 0 radical (unpaired) electrons. The summed E-state index contributed by atoms with van der Waals surface area (Å²) in [6, 6.07) is 11.2. The molecule has 3 heterocycles. The number of ether oxygens (including phenoxy) is 3. The second-order valence-electron chi connectivity index (χ2n) is 10.2. The first-order valence-electron chi connectivity index (χ1n) is 13.0. The largest absolute Gasteiger partial charge is 0.493 e. The molecular weight excluding hydrogens is 546 g/mol. The van der Waals surface area contributed by atoms with Gasteiger partial charge in [-0.15, -0.1) is 0 Å². The van der Waals surface area contributed by atoms with Crippen LogP contribution in [0.3, 0.4) is 0 Å². The Hall–Kier alpha value is -4.51. The molecule has 1 atom stereocenters. The van der Waals surface area contributed by atoms with Crippen LogP contribution in [-0.2, 0) is 19.1 Å². The topological polar surface area (TPSA) is 117 Å². The van der Waals surface area contributed by atoms with Gasteiger partial charge in [0, 0.05) is 19.5 Å². The fourth-order valence-corrected chi connectivity index (χ4v) is 6.09. The van der Waals surface area contributed by atoms with Crippen LogP contribution in [0.15, 0.2) is 63.5 Å². The number of aromatic nitrogens is 1. The Bertz CT molecular complexity index is 1820. The van der Waals surface area contributed by atoms with E-state index >= 15 is 0 Å². The highest BCUT2D eigenvalue weighted by Crippen LogP contribution is 2.37. The number of methoxy groups -OCH3 is 1. The molecule has 11 heteroatoms. The number of para-hydroxylation sites is 1. The van der Waals surface area contributed by atoms with E-state index in [9.17, 15) is 19.2 Å². The lowest BCUT2D eigenvalue weighted by Crippen LogP contribution is -2.41. The van der Waals surface area contributed by atoms with Gasteiger partial charge in [-0.05, 0) is 36.6 Å². The van der Waals surface area contributed by atoms with Crippen molar-refractivity contribution >= 4 is 40.4 Å². The first-order valence-corrected chi connectivity index (χ1v) is 13.8. The number of esters is 2. The Kier molecular flexibility index (Phi) is 7.39. The molecular formula is C30H29N3O7S. The maximum atomic E-state index is 14.2. The normalized spacial score (nSPS) is 17.3. The molecule has 10 nitrogen and oxygen atoms in total. The van der Waals surface area contributed by atoms with Gasteiger partial charge in [-0.3, -0.25) is 19.0 Å². The number of fused-ring (bicyclic) bond motifs is 2. The van der Waals surface area contributed by atoms with Crippen LogP contribution in [0.1, 0.15) is 44.9 Å². The lowest BCUT2D eigenvalue weighted by Gasteiger charge is -2.25. The van der Waals surface area contributed by atoms with Crippen LogP contribution in [-0.4, -0.2) is 43.2 Å². The summed E-state index contributed by atoms with van der Waals surface area (Å²) < 4.78 is 18.0. The third-order valence-corrected chi connectivity index (χ3v) is 7.86. The van der Waals surface area contributed by atoms with Crippen LogP contribution < -0.4 is 29.3 Å². The smallest absolute Gasteiger partial charge is 0.338 e. The van der Waals surface area contributed by atoms with E-state index in [1.165, 1.54) is 23.5 Å². The molecule has 2 aliphatic heterocycles. The van der Waals surface area contributed by atoms with E-state index in [0.29, 0.717) is 32.9 Å². The number of rotatable bonds is 6. The van der Waals surface area contributed by atoms with Gasteiger partial charge in [0.05, 0.1) is 42.3 Å². The number of carbonyl (C=O) groups is 3. The van der Waals surface area contributed by atoms with Crippen molar-refractivity contribution in [1.29, 1.82) is 0 Å². The van der Waals surface area contributed by atoms with Gasteiger partial charge in [0.25, 0.3) is 11.5 Å². The van der Waals surface area contributed by atoms with Crippen LogP contribution >= 0.6 is 11.3 Å². The number of allylic oxidation sites excluding steroid dienone is 1. The zero-order chi connectivity index (χ0) is 29.6. The number of nitrogens with zero attached hydrogens (tertiary/aromatic N) is 3. The van der Waals surface area contributed by atoms with E-state index in [0.717, 1.165) is 11.3 Å². The number of likely N-dealkylation sites (N-methyl/N-ethyl adjacent to an activating group) is 1. The molecule has 41 heavy (non-hydrogen) atoms. The van der Waals surface area contributed by atoms with Gasteiger partial charge in [-0.1, -0.05) is 49.4 Å². The number of amides is 1. The van der Waals surface area contributed by atoms with Gasteiger partial charge >= 0.3 is 11.9 Å². The maximum Gasteiger partial charge on any atom is 0.338 e. The molecule has 212 valence electrons. The second-order valence-corrected chi connectivity index (χ2v) is 11.1. The van der Waals surface area contributed by atoms with Crippen molar-refractivity contribution in [3.8, 4) is 11.5 Å². The Balaban J connectivity index is 1.77. The third-order valence-electron chi connectivity index (χ3n) is 6.80. The molecule has 2 aliphatic rings. The molecule has 5 rings (SSSR count). The highest BCUT2D eigenvalue weighted by Gasteiger charge is 2.37. The molecule has 2 aromatic carbocycles. The summed E-state index contributed by atoms with van der Waals surface area (Å²) in [6.07, 6.45) is 0. The quantitative estimate of drug-likeness (QED) is 0.328. The van der Waals surface area contributed by atoms with Gasteiger partial charge in [0.15, 0.2) is 16.3 Å². The average molecular weight is 576 g/mol. The first kappa shape index (κ1) is 28.0. The van der Waals surface area contributed by atoms with Crippen molar-refractivity contribution in [2.45, 2.75) is 33.7 Å². The predicted molar refractivity (Wildman–Crippen MR) is 153 cm³/mol. The van der Waals surface area contributed by atoms with E-state index in [4.69, 9.17) is 14.2 Å². The van der Waals surface area contributed by atoms with E-state index < -0.39 is 23.5 Å². The number of carbonyl (C=O) groups excluding carboxylic acids is 3. The molecule has 0 spiro atoms. The van der Waals surface area contributed by atoms with E-state index in [1.807, 2.05) is 32.0 Å². The van der Waals surface area contributed by atoms with Crippen molar-refractivity contribution in [3.63, 3.8) is 0 Å². The van der Waals surface area contributed by atoms with Crippen molar-refractivity contribution in [2.75, 3.05) is 25.7 Å². The number of hydrogen-bond donors (Lipinski definition) is 0. The van der Waals surface area contributed by atoms with Crippen molar-refractivity contribution in [3.05, 3.63) is 84.5 Å². The van der Waals surface area contributed by atoms with Gasteiger partial charge in [-0.25, -0.2) is 9.79 Å². The molecule has 0 bridgehead atoms. The van der Waals surface area contributed by atoms with E-state index in [-0.39, 0.29) is 40.0 Å². The molecule has 0 saturated heterocycles. The highest BCUT2D eigenvalue weighted by molar-refractivity contribution is 7.07. The lowest BCUT2D eigenvalue weighted by molar-refractivity contribution is -0.140. The minimum Gasteiger partial charge on any atom is -0.493 e. The summed E-state index contributed by atoms with van der Waals surface area (Å²) in [4.78, 5) is 59.1. The predicted octanol–water partition coefficient (Wildman–Crippen LogP) is 2.71. The summed E-state index contributed by atoms with van der Waals surface area (Å²) in [6.45, 7) is 7.00. The molecule has 0 N–H and O–H groups in total. The van der Waals surface area contributed by atoms with Gasteiger partial charge in [0.2, 0.25) is 0 Å². The Morgan fingerprint density at radius 3 is 2.51 bits per heavy atom. The molecule has 0 unspecified atom stereocenters. The van der Waals surface area contributed by atoms with Crippen molar-refractivity contribution in [1.82, 2.24) is 4.57 Å². The van der Waals surface area contributed by atoms with Gasteiger partial charge in [-0.2, -0.15) is 0 Å².